The first-order valence-electron chi connectivity index (χ1n) is 9.47. The quantitative estimate of drug-likeness (QED) is 0.372. The number of ether oxygens (including phenoxy) is 1. The smallest absolute Gasteiger partial charge is 0.331 e. The molecule has 2 atom stereocenters. The molecule has 1 heterocycles. The average molecular weight is 386 g/mol. The Hall–Kier alpha value is -2.70. The number of ketones is 1. The average Bonchev–Trinajstić information content (AvgIpc) is 2.77. The molecule has 1 aromatic rings. The number of nitrogens with zero attached hydrogens (tertiary/aromatic N) is 1. The molecular weight excluding hydrogens is 360 g/mol. The lowest BCUT2D eigenvalue weighted by Gasteiger charge is -2.43. The van der Waals surface area contributed by atoms with E-state index < -0.39 is 24.1 Å². The van der Waals surface area contributed by atoms with Crippen molar-refractivity contribution < 1.29 is 23.9 Å². The highest BCUT2D eigenvalue weighted by Crippen LogP contribution is 2.46. The Kier molecular flexibility index (Phi) is 5.04. The van der Waals surface area contributed by atoms with Gasteiger partial charge in [0.1, 0.15) is 17.8 Å². The number of imide groups is 1. The summed E-state index contributed by atoms with van der Waals surface area (Å²) in [5, 5.41) is 2.84. The van der Waals surface area contributed by atoms with Crippen LogP contribution in [-0.2, 0) is 9.59 Å². The van der Waals surface area contributed by atoms with Crippen molar-refractivity contribution in [3.05, 3.63) is 29.8 Å². The van der Waals surface area contributed by atoms with E-state index in [1.165, 1.54) is 19.1 Å². The van der Waals surface area contributed by atoms with E-state index in [2.05, 4.69) is 26.1 Å². The summed E-state index contributed by atoms with van der Waals surface area (Å²) in [6.45, 7) is 7.25. The largest absolute Gasteiger partial charge is 0.425 e. The molecule has 1 aliphatic carbocycles. The van der Waals surface area contributed by atoms with Crippen molar-refractivity contribution in [3.8, 4) is 5.75 Å². The van der Waals surface area contributed by atoms with E-state index in [9.17, 15) is 19.2 Å². The third-order valence-corrected chi connectivity index (χ3v) is 5.40. The Morgan fingerprint density at radius 1 is 1.18 bits per heavy atom. The number of hydrogen-bond acceptors (Lipinski definition) is 5. The fraction of sp³-hybridized carbons (Fsp3) is 0.524. The lowest BCUT2D eigenvalue weighted by molar-refractivity contribution is -0.142. The van der Waals surface area contributed by atoms with E-state index in [0.717, 1.165) is 11.3 Å². The monoisotopic (exact) mass is 386 g/mol. The highest BCUT2D eigenvalue weighted by molar-refractivity contribution is 6.09. The zero-order chi connectivity index (χ0) is 20.7. The molecular formula is C21H26N2O5. The molecule has 2 fully saturated rings. The van der Waals surface area contributed by atoms with E-state index in [0.29, 0.717) is 24.3 Å². The van der Waals surface area contributed by atoms with Crippen molar-refractivity contribution in [1.29, 1.82) is 0 Å². The number of urea groups is 1. The molecule has 150 valence electrons. The summed E-state index contributed by atoms with van der Waals surface area (Å²) < 4.78 is 5.22. The van der Waals surface area contributed by atoms with Crippen molar-refractivity contribution >= 4 is 23.7 Å². The molecule has 0 aromatic heterocycles. The molecule has 1 aliphatic heterocycles. The Morgan fingerprint density at radius 3 is 2.39 bits per heavy atom. The number of amides is 3. The number of carbonyl (C=O) groups is 4. The van der Waals surface area contributed by atoms with Crippen LogP contribution in [0.2, 0.25) is 0 Å². The minimum atomic E-state index is -0.943. The number of esters is 1. The van der Waals surface area contributed by atoms with Gasteiger partial charge in [0.2, 0.25) is 0 Å². The highest BCUT2D eigenvalue weighted by atomic mass is 16.5. The topological polar surface area (TPSA) is 92.8 Å². The maximum atomic E-state index is 13.0. The number of Topliss-reactive ketones (excluding diaryl/α,β-unsaturated/α-hetero) is 1. The highest BCUT2D eigenvalue weighted by Gasteiger charge is 2.56. The van der Waals surface area contributed by atoms with Crippen molar-refractivity contribution in [2.24, 2.45) is 11.3 Å². The molecule has 7 nitrogen and oxygen atoms in total. The first kappa shape index (κ1) is 20.0. The first-order chi connectivity index (χ1) is 13.0. The summed E-state index contributed by atoms with van der Waals surface area (Å²) in [5.74, 6) is -0.615. The van der Waals surface area contributed by atoms with Gasteiger partial charge in [0.25, 0.3) is 5.91 Å². The molecule has 1 aromatic carbocycles. The molecule has 1 spiro atoms. The van der Waals surface area contributed by atoms with Crippen LogP contribution in [0.4, 0.5) is 4.79 Å². The molecule has 1 saturated heterocycles. The van der Waals surface area contributed by atoms with E-state index in [4.69, 9.17) is 4.74 Å². The fourth-order valence-corrected chi connectivity index (χ4v) is 4.70. The Bertz CT molecular complexity index is 830. The van der Waals surface area contributed by atoms with Crippen LogP contribution in [0.25, 0.3) is 0 Å². The van der Waals surface area contributed by atoms with E-state index in [1.807, 2.05) is 0 Å². The second-order valence-corrected chi connectivity index (χ2v) is 8.81. The summed E-state index contributed by atoms with van der Waals surface area (Å²) in [6.07, 6.45) is 2.10. The van der Waals surface area contributed by atoms with Gasteiger partial charge in [0.05, 0.1) is 0 Å². The zero-order valence-corrected chi connectivity index (χ0v) is 16.7. The van der Waals surface area contributed by atoms with Crippen LogP contribution in [-0.4, -0.2) is 40.7 Å². The minimum Gasteiger partial charge on any atom is -0.425 e. The third-order valence-electron chi connectivity index (χ3n) is 5.40. The second-order valence-electron chi connectivity index (χ2n) is 8.81. The van der Waals surface area contributed by atoms with E-state index in [-0.39, 0.29) is 22.9 Å². The van der Waals surface area contributed by atoms with Crippen LogP contribution in [0, 0.1) is 11.3 Å². The van der Waals surface area contributed by atoms with Gasteiger partial charge < -0.3 is 10.1 Å². The van der Waals surface area contributed by atoms with Crippen molar-refractivity contribution in [2.75, 3.05) is 6.54 Å². The zero-order valence-electron chi connectivity index (χ0n) is 16.7. The predicted octanol–water partition coefficient (Wildman–Crippen LogP) is 2.93. The van der Waals surface area contributed by atoms with Gasteiger partial charge in [-0.3, -0.25) is 14.5 Å². The minimum absolute atomic E-state index is 0.0738. The van der Waals surface area contributed by atoms with Crippen LogP contribution in [0.5, 0.6) is 5.75 Å². The van der Waals surface area contributed by atoms with Crippen LogP contribution >= 0.6 is 0 Å². The fourth-order valence-electron chi connectivity index (χ4n) is 4.70. The van der Waals surface area contributed by atoms with Gasteiger partial charge in [-0.15, -0.1) is 0 Å². The molecule has 0 radical (unpaired) electrons. The molecule has 1 N–H and O–H groups in total. The van der Waals surface area contributed by atoms with E-state index in [1.54, 1.807) is 12.1 Å². The molecule has 0 unspecified atom stereocenters. The number of benzene rings is 1. The summed E-state index contributed by atoms with van der Waals surface area (Å²) in [5.41, 5.74) is -0.512. The molecule has 3 amide bonds. The number of carbonyl (C=O) groups excluding carboxylic acids is 4. The van der Waals surface area contributed by atoms with Gasteiger partial charge >= 0.3 is 12.0 Å². The Balaban J connectivity index is 1.68. The lowest BCUT2D eigenvalue weighted by Crippen LogP contribution is -2.54. The number of hydrogen-bond donors (Lipinski definition) is 1. The van der Waals surface area contributed by atoms with Gasteiger partial charge in [0, 0.05) is 5.56 Å². The standard InChI is InChI=1S/C21H26N2O5/c1-13-9-20(3,4)12-21(10-13)18(26)23(19(27)22-21)11-17(25)28-16-7-5-15(6-8-16)14(2)24/h5-8,13H,9-12H2,1-4H3,(H,22,27)/t13-,21+/m1/s1. The number of rotatable bonds is 4. The van der Waals surface area contributed by atoms with Gasteiger partial charge in [-0.1, -0.05) is 20.8 Å². The van der Waals surface area contributed by atoms with Crippen LogP contribution in [0.3, 0.4) is 0 Å². The maximum Gasteiger partial charge on any atom is 0.331 e. The van der Waals surface area contributed by atoms with E-state index >= 15 is 0 Å². The Labute approximate surface area is 164 Å². The van der Waals surface area contributed by atoms with Crippen LogP contribution in [0.15, 0.2) is 24.3 Å². The summed E-state index contributed by atoms with van der Waals surface area (Å²) in [7, 11) is 0. The predicted molar refractivity (Wildman–Crippen MR) is 102 cm³/mol. The second kappa shape index (κ2) is 7.04. The normalized spacial score (nSPS) is 26.3. The first-order valence-corrected chi connectivity index (χ1v) is 9.47. The van der Waals surface area contributed by atoms with Gasteiger partial charge in [-0.25, -0.2) is 9.59 Å². The van der Waals surface area contributed by atoms with Gasteiger partial charge in [0.15, 0.2) is 5.78 Å². The van der Waals surface area contributed by atoms with Crippen molar-refractivity contribution in [3.63, 3.8) is 0 Å². The van der Waals surface area contributed by atoms with Crippen LogP contribution in [0.1, 0.15) is 57.3 Å². The Morgan fingerprint density at radius 2 is 1.82 bits per heavy atom. The molecule has 1 saturated carbocycles. The molecule has 2 aliphatic rings. The molecule has 28 heavy (non-hydrogen) atoms. The van der Waals surface area contributed by atoms with Crippen LogP contribution < -0.4 is 10.1 Å². The summed E-state index contributed by atoms with van der Waals surface area (Å²) >= 11 is 0. The van der Waals surface area contributed by atoms with Crippen molar-refractivity contribution in [1.82, 2.24) is 10.2 Å². The summed E-state index contributed by atoms with van der Waals surface area (Å²) in [4.78, 5) is 50.0. The van der Waals surface area contributed by atoms with Crippen molar-refractivity contribution in [2.45, 2.75) is 52.5 Å². The molecule has 7 heteroatoms. The maximum absolute atomic E-state index is 13.0. The van der Waals surface area contributed by atoms with Gasteiger partial charge in [-0.05, 0) is 61.8 Å². The third kappa shape index (κ3) is 3.93. The van der Waals surface area contributed by atoms with Gasteiger partial charge in [-0.2, -0.15) is 0 Å². The lowest BCUT2D eigenvalue weighted by atomic mass is 9.64. The number of nitrogens with one attached hydrogen (secondary N) is 1. The molecule has 0 bridgehead atoms. The molecule has 3 rings (SSSR count). The SMILES string of the molecule is CC(=O)c1ccc(OC(=O)CN2C(=O)N[C@]3(C[C@H](C)CC(C)(C)C3)C2=O)cc1. The summed E-state index contributed by atoms with van der Waals surface area (Å²) in [6, 6.07) is 5.57.